The minimum Gasteiger partial charge on any atom is -0.330 e. The minimum atomic E-state index is -4.31. The average molecular weight is 308 g/mol. The lowest BCUT2D eigenvalue weighted by atomic mass is 9.98. The molecule has 2 aromatic rings. The Hall–Kier alpha value is -1.85. The van der Waals surface area contributed by atoms with E-state index in [1.807, 2.05) is 24.3 Å². The maximum atomic E-state index is 12.5. The van der Waals surface area contributed by atoms with E-state index in [1.165, 1.54) is 12.1 Å². The molecule has 0 radical (unpaired) electrons. The molecule has 0 bridgehead atoms. The van der Waals surface area contributed by atoms with Crippen LogP contribution in [0.25, 0.3) is 11.1 Å². The lowest BCUT2D eigenvalue weighted by Crippen LogP contribution is -2.12. The van der Waals surface area contributed by atoms with Crippen LogP contribution in [0.5, 0.6) is 0 Å². The van der Waals surface area contributed by atoms with Crippen LogP contribution in [-0.2, 0) is 6.18 Å². The van der Waals surface area contributed by atoms with Crippen LogP contribution in [0.1, 0.15) is 30.0 Å². The van der Waals surface area contributed by atoms with Gasteiger partial charge in [0.15, 0.2) is 0 Å². The van der Waals surface area contributed by atoms with E-state index < -0.39 is 11.7 Å². The van der Waals surface area contributed by atoms with Crippen LogP contribution < -0.4 is 11.5 Å². The van der Waals surface area contributed by atoms with E-state index in [-0.39, 0.29) is 6.04 Å². The van der Waals surface area contributed by atoms with Gasteiger partial charge in [0.1, 0.15) is 0 Å². The lowest BCUT2D eigenvalue weighted by Gasteiger charge is -2.12. The van der Waals surface area contributed by atoms with Crippen LogP contribution >= 0.6 is 0 Å². The molecule has 5 heteroatoms. The molecule has 0 saturated heterocycles. The van der Waals surface area contributed by atoms with Crippen LogP contribution in [0.4, 0.5) is 13.2 Å². The molecule has 0 fully saturated rings. The van der Waals surface area contributed by atoms with E-state index >= 15 is 0 Å². The van der Waals surface area contributed by atoms with Crippen molar-refractivity contribution in [2.45, 2.75) is 25.1 Å². The number of benzene rings is 2. The van der Waals surface area contributed by atoms with E-state index in [1.54, 1.807) is 0 Å². The summed E-state index contributed by atoms with van der Waals surface area (Å²) in [5, 5.41) is 0. The van der Waals surface area contributed by atoms with E-state index in [0.29, 0.717) is 6.54 Å². The predicted molar refractivity (Wildman–Crippen MR) is 82.1 cm³/mol. The Morgan fingerprint density at radius 1 is 0.864 bits per heavy atom. The van der Waals surface area contributed by atoms with Crippen molar-refractivity contribution in [3.8, 4) is 11.1 Å². The molecule has 0 saturated carbocycles. The zero-order valence-corrected chi connectivity index (χ0v) is 12.1. The highest BCUT2D eigenvalue weighted by molar-refractivity contribution is 5.64. The van der Waals surface area contributed by atoms with Gasteiger partial charge in [0.25, 0.3) is 0 Å². The second kappa shape index (κ2) is 6.94. The monoisotopic (exact) mass is 308 g/mol. The summed E-state index contributed by atoms with van der Waals surface area (Å²) >= 11 is 0. The highest BCUT2D eigenvalue weighted by Gasteiger charge is 2.29. The Bertz CT molecular complexity index is 589. The smallest absolute Gasteiger partial charge is 0.330 e. The third-order valence-corrected chi connectivity index (χ3v) is 3.60. The molecule has 1 atom stereocenters. The molecule has 2 aromatic carbocycles. The molecule has 0 aliphatic rings. The topological polar surface area (TPSA) is 52.0 Å². The first-order chi connectivity index (χ1) is 10.4. The van der Waals surface area contributed by atoms with Crippen LogP contribution in [0.15, 0.2) is 48.5 Å². The van der Waals surface area contributed by atoms with Crippen molar-refractivity contribution in [2.75, 3.05) is 6.54 Å². The fourth-order valence-corrected chi connectivity index (χ4v) is 2.28. The van der Waals surface area contributed by atoms with Crippen molar-refractivity contribution in [2.24, 2.45) is 11.5 Å². The van der Waals surface area contributed by atoms with Gasteiger partial charge in [-0.15, -0.1) is 0 Å². The highest BCUT2D eigenvalue weighted by atomic mass is 19.4. The van der Waals surface area contributed by atoms with E-state index in [0.717, 1.165) is 41.7 Å². The Kier molecular flexibility index (Phi) is 5.21. The fraction of sp³-hybridized carbons (Fsp3) is 0.294. The summed E-state index contributed by atoms with van der Waals surface area (Å²) in [6.07, 6.45) is -2.63. The Morgan fingerprint density at radius 2 is 1.36 bits per heavy atom. The normalized spacial score (nSPS) is 13.1. The van der Waals surface area contributed by atoms with Gasteiger partial charge in [-0.2, -0.15) is 13.2 Å². The Morgan fingerprint density at radius 3 is 1.82 bits per heavy atom. The number of hydrogen-bond donors (Lipinski definition) is 2. The third kappa shape index (κ3) is 4.08. The summed E-state index contributed by atoms with van der Waals surface area (Å²) in [7, 11) is 0. The molecular weight excluding hydrogens is 289 g/mol. The maximum absolute atomic E-state index is 12.5. The molecule has 0 aliphatic carbocycles. The summed E-state index contributed by atoms with van der Waals surface area (Å²) < 4.78 is 37.6. The van der Waals surface area contributed by atoms with Crippen molar-refractivity contribution < 1.29 is 13.2 Å². The van der Waals surface area contributed by atoms with Crippen molar-refractivity contribution in [1.82, 2.24) is 0 Å². The lowest BCUT2D eigenvalue weighted by molar-refractivity contribution is -0.137. The largest absolute Gasteiger partial charge is 0.416 e. The zero-order valence-electron chi connectivity index (χ0n) is 12.1. The summed E-state index contributed by atoms with van der Waals surface area (Å²) in [4.78, 5) is 0. The summed E-state index contributed by atoms with van der Waals surface area (Å²) in [6, 6.07) is 12.7. The van der Waals surface area contributed by atoms with Crippen molar-refractivity contribution in [3.05, 3.63) is 59.7 Å². The molecule has 118 valence electrons. The number of alkyl halides is 3. The van der Waals surface area contributed by atoms with Gasteiger partial charge < -0.3 is 11.5 Å². The molecule has 0 unspecified atom stereocenters. The fourth-order valence-electron chi connectivity index (χ4n) is 2.28. The van der Waals surface area contributed by atoms with Crippen LogP contribution in [-0.4, -0.2) is 6.54 Å². The van der Waals surface area contributed by atoms with Crippen LogP contribution in [0.3, 0.4) is 0 Å². The van der Waals surface area contributed by atoms with Gasteiger partial charge in [-0.1, -0.05) is 36.4 Å². The van der Waals surface area contributed by atoms with Gasteiger partial charge in [0.05, 0.1) is 5.56 Å². The van der Waals surface area contributed by atoms with Gasteiger partial charge in [0.2, 0.25) is 0 Å². The van der Waals surface area contributed by atoms with Crippen molar-refractivity contribution in [1.29, 1.82) is 0 Å². The number of rotatable bonds is 5. The number of nitrogens with two attached hydrogens (primary N) is 2. The number of halogens is 3. The molecule has 0 amide bonds. The molecule has 22 heavy (non-hydrogen) atoms. The Labute approximate surface area is 127 Å². The maximum Gasteiger partial charge on any atom is 0.416 e. The molecular formula is C17H19F3N2. The second-order valence-corrected chi connectivity index (χ2v) is 5.23. The van der Waals surface area contributed by atoms with Gasteiger partial charge in [0, 0.05) is 6.04 Å². The number of hydrogen-bond acceptors (Lipinski definition) is 2. The SMILES string of the molecule is NCCC[C@H](N)c1ccc(-c2ccc(C(F)(F)F)cc2)cc1. The molecule has 4 N–H and O–H groups in total. The third-order valence-electron chi connectivity index (χ3n) is 3.60. The quantitative estimate of drug-likeness (QED) is 0.873. The van der Waals surface area contributed by atoms with Crippen LogP contribution in [0.2, 0.25) is 0 Å². The summed E-state index contributed by atoms with van der Waals surface area (Å²) in [5.41, 5.74) is 13.5. The van der Waals surface area contributed by atoms with Gasteiger partial charge >= 0.3 is 6.18 Å². The van der Waals surface area contributed by atoms with Crippen molar-refractivity contribution >= 4 is 0 Å². The van der Waals surface area contributed by atoms with Gasteiger partial charge in [-0.3, -0.25) is 0 Å². The van der Waals surface area contributed by atoms with Crippen molar-refractivity contribution in [3.63, 3.8) is 0 Å². The highest BCUT2D eigenvalue weighted by Crippen LogP contribution is 2.31. The Balaban J connectivity index is 2.13. The van der Waals surface area contributed by atoms with Gasteiger partial charge in [-0.25, -0.2) is 0 Å². The molecule has 0 heterocycles. The first-order valence-corrected chi connectivity index (χ1v) is 7.15. The van der Waals surface area contributed by atoms with Gasteiger partial charge in [-0.05, 0) is 48.2 Å². The first kappa shape index (κ1) is 16.5. The first-order valence-electron chi connectivity index (χ1n) is 7.15. The van der Waals surface area contributed by atoms with E-state index in [9.17, 15) is 13.2 Å². The molecule has 2 rings (SSSR count). The van der Waals surface area contributed by atoms with Crippen LogP contribution in [0, 0.1) is 0 Å². The standard InChI is InChI=1S/C17H19F3N2/c18-17(19,20)15-9-7-13(8-10-15)12-3-5-14(6-4-12)16(22)2-1-11-21/h3-10,16H,1-2,11,21-22H2/t16-/m0/s1. The van der Waals surface area contributed by atoms with E-state index in [4.69, 9.17) is 11.5 Å². The summed E-state index contributed by atoms with van der Waals surface area (Å²) in [5.74, 6) is 0. The molecule has 0 aliphatic heterocycles. The predicted octanol–water partition coefficient (Wildman–Crippen LogP) is 4.11. The second-order valence-electron chi connectivity index (χ2n) is 5.23. The minimum absolute atomic E-state index is 0.0646. The average Bonchev–Trinajstić information content (AvgIpc) is 2.52. The molecule has 2 nitrogen and oxygen atoms in total. The molecule has 0 aromatic heterocycles. The van der Waals surface area contributed by atoms with E-state index in [2.05, 4.69) is 0 Å². The molecule has 0 spiro atoms. The zero-order chi connectivity index (χ0) is 16.2. The summed E-state index contributed by atoms with van der Waals surface area (Å²) in [6.45, 7) is 0.608.